The van der Waals surface area contributed by atoms with Gasteiger partial charge in [-0.2, -0.15) is 5.26 Å². The molecular weight excluding hydrogens is 398 g/mol. The molecule has 0 aliphatic carbocycles. The average molecular weight is 417 g/mol. The third kappa shape index (κ3) is 3.34. The van der Waals surface area contributed by atoms with E-state index in [1.165, 1.54) is 6.07 Å². The summed E-state index contributed by atoms with van der Waals surface area (Å²) in [6.07, 6.45) is 1.63. The number of hydrogen-bond donors (Lipinski definition) is 2. The first-order valence-corrected chi connectivity index (χ1v) is 10.2. The molecule has 3 N–H and O–H groups in total. The maximum absolute atomic E-state index is 10.6. The fourth-order valence-corrected chi connectivity index (χ4v) is 4.06. The van der Waals surface area contributed by atoms with Crippen LogP contribution in [0.2, 0.25) is 0 Å². The number of nitrogens with two attached hydrogens (primary N) is 1. The SMILES string of the molecule is N#CC1=C(N)Oc2cc(O)c(C=Nc3cccc4ccccc34)cc2[C@H]1c1ccccc1. The lowest BCUT2D eigenvalue weighted by atomic mass is 9.83. The second-order valence-electron chi connectivity index (χ2n) is 7.54. The van der Waals surface area contributed by atoms with Crippen molar-refractivity contribution >= 4 is 22.7 Å². The first kappa shape index (κ1) is 19.4. The first-order chi connectivity index (χ1) is 15.7. The topological polar surface area (TPSA) is 91.6 Å². The third-order valence-electron chi connectivity index (χ3n) is 5.61. The predicted octanol–water partition coefficient (Wildman–Crippen LogP) is 5.51. The molecule has 0 radical (unpaired) electrons. The van der Waals surface area contributed by atoms with E-state index in [-0.39, 0.29) is 11.6 Å². The summed E-state index contributed by atoms with van der Waals surface area (Å²) in [5.41, 5.74) is 9.37. The van der Waals surface area contributed by atoms with Gasteiger partial charge in [-0.25, -0.2) is 0 Å². The molecule has 1 heterocycles. The molecule has 0 aromatic heterocycles. The molecule has 1 aliphatic rings. The maximum atomic E-state index is 10.6. The van der Waals surface area contributed by atoms with Crippen LogP contribution in [-0.2, 0) is 0 Å². The van der Waals surface area contributed by atoms with E-state index in [4.69, 9.17) is 10.5 Å². The zero-order valence-electron chi connectivity index (χ0n) is 17.1. The van der Waals surface area contributed by atoms with Crippen molar-refractivity contribution in [3.8, 4) is 17.6 Å². The Hall–Kier alpha value is -4.56. The molecule has 1 atom stereocenters. The van der Waals surface area contributed by atoms with Gasteiger partial charge in [0.2, 0.25) is 5.88 Å². The number of nitrogens with zero attached hydrogens (tertiary/aromatic N) is 2. The quantitative estimate of drug-likeness (QED) is 0.430. The molecule has 32 heavy (non-hydrogen) atoms. The minimum absolute atomic E-state index is 0.0211. The highest BCUT2D eigenvalue weighted by molar-refractivity contribution is 5.96. The number of phenols is 1. The van der Waals surface area contributed by atoms with Gasteiger partial charge in [-0.15, -0.1) is 0 Å². The van der Waals surface area contributed by atoms with E-state index in [1.807, 2.05) is 72.8 Å². The highest BCUT2D eigenvalue weighted by atomic mass is 16.5. The van der Waals surface area contributed by atoms with E-state index in [1.54, 1.807) is 12.3 Å². The minimum atomic E-state index is -0.393. The van der Waals surface area contributed by atoms with Crippen LogP contribution in [0.25, 0.3) is 10.8 Å². The minimum Gasteiger partial charge on any atom is -0.507 e. The number of phenolic OH excluding ortho intramolecular Hbond substituents is 1. The smallest absolute Gasteiger partial charge is 0.205 e. The number of fused-ring (bicyclic) bond motifs is 2. The summed E-state index contributed by atoms with van der Waals surface area (Å²) in [6.45, 7) is 0. The van der Waals surface area contributed by atoms with Gasteiger partial charge in [0.1, 0.15) is 23.1 Å². The molecule has 0 bridgehead atoms. The van der Waals surface area contributed by atoms with Gasteiger partial charge >= 0.3 is 0 Å². The molecule has 0 amide bonds. The lowest BCUT2D eigenvalue weighted by Crippen LogP contribution is -2.21. The summed E-state index contributed by atoms with van der Waals surface area (Å²) < 4.78 is 5.67. The van der Waals surface area contributed by atoms with Gasteiger partial charge in [-0.3, -0.25) is 4.99 Å². The molecule has 1 aliphatic heterocycles. The highest BCUT2D eigenvalue weighted by Gasteiger charge is 2.31. The number of hydrogen-bond acceptors (Lipinski definition) is 5. The molecule has 0 fully saturated rings. The summed E-state index contributed by atoms with van der Waals surface area (Å²) in [5, 5.41) is 22.5. The number of aromatic hydroxyl groups is 1. The fourth-order valence-electron chi connectivity index (χ4n) is 4.06. The molecule has 5 heteroatoms. The lowest BCUT2D eigenvalue weighted by Gasteiger charge is -2.27. The number of rotatable bonds is 3. The van der Waals surface area contributed by atoms with Crippen molar-refractivity contribution in [1.82, 2.24) is 0 Å². The van der Waals surface area contributed by atoms with E-state index in [0.717, 1.165) is 27.6 Å². The van der Waals surface area contributed by atoms with E-state index in [2.05, 4.69) is 11.1 Å². The van der Waals surface area contributed by atoms with Crippen LogP contribution in [0, 0.1) is 11.3 Å². The van der Waals surface area contributed by atoms with E-state index >= 15 is 0 Å². The van der Waals surface area contributed by atoms with Crippen LogP contribution in [0.3, 0.4) is 0 Å². The largest absolute Gasteiger partial charge is 0.507 e. The summed E-state index contributed by atoms with van der Waals surface area (Å²) in [6, 6.07) is 29.1. The van der Waals surface area contributed by atoms with Crippen molar-refractivity contribution in [3.05, 3.63) is 113 Å². The second-order valence-corrected chi connectivity index (χ2v) is 7.54. The van der Waals surface area contributed by atoms with Crippen molar-refractivity contribution in [1.29, 1.82) is 5.26 Å². The molecule has 0 spiro atoms. The Morgan fingerprint density at radius 1 is 0.969 bits per heavy atom. The molecule has 0 unspecified atom stereocenters. The Labute approximate surface area is 185 Å². The van der Waals surface area contributed by atoms with Gasteiger partial charge in [0.05, 0.1) is 11.6 Å². The molecule has 4 aromatic carbocycles. The van der Waals surface area contributed by atoms with E-state index in [0.29, 0.717) is 16.9 Å². The maximum Gasteiger partial charge on any atom is 0.205 e. The Balaban J connectivity index is 1.62. The van der Waals surface area contributed by atoms with Gasteiger partial charge in [0.25, 0.3) is 0 Å². The Morgan fingerprint density at radius 2 is 1.72 bits per heavy atom. The molecule has 5 rings (SSSR count). The number of benzene rings is 4. The van der Waals surface area contributed by atoms with Crippen molar-refractivity contribution < 1.29 is 9.84 Å². The van der Waals surface area contributed by atoms with Gasteiger partial charge in [0.15, 0.2) is 0 Å². The van der Waals surface area contributed by atoms with Crippen LogP contribution in [-0.4, -0.2) is 11.3 Å². The Kier molecular flexibility index (Phi) is 4.81. The molecule has 4 aromatic rings. The zero-order chi connectivity index (χ0) is 22.1. The highest BCUT2D eigenvalue weighted by Crippen LogP contribution is 2.44. The molecular formula is C27H19N3O2. The summed E-state index contributed by atoms with van der Waals surface area (Å²) in [5.74, 6) is 0.101. The summed E-state index contributed by atoms with van der Waals surface area (Å²) in [4.78, 5) is 4.64. The van der Waals surface area contributed by atoms with Gasteiger partial charge in [-0.05, 0) is 23.1 Å². The van der Waals surface area contributed by atoms with Crippen molar-refractivity contribution in [3.63, 3.8) is 0 Å². The van der Waals surface area contributed by atoms with Crippen molar-refractivity contribution in [2.45, 2.75) is 5.92 Å². The van der Waals surface area contributed by atoms with E-state index < -0.39 is 5.92 Å². The summed E-state index contributed by atoms with van der Waals surface area (Å²) in [7, 11) is 0. The van der Waals surface area contributed by atoms with Crippen LogP contribution in [0.1, 0.15) is 22.6 Å². The third-order valence-corrected chi connectivity index (χ3v) is 5.61. The monoisotopic (exact) mass is 417 g/mol. The number of aliphatic imine (C=N–C) groups is 1. The van der Waals surface area contributed by atoms with Crippen molar-refractivity contribution in [2.24, 2.45) is 10.7 Å². The molecule has 154 valence electrons. The van der Waals surface area contributed by atoms with Crippen LogP contribution in [0.5, 0.6) is 11.5 Å². The van der Waals surface area contributed by atoms with E-state index in [9.17, 15) is 10.4 Å². The van der Waals surface area contributed by atoms with Gasteiger partial charge in [-0.1, -0.05) is 66.7 Å². The zero-order valence-corrected chi connectivity index (χ0v) is 17.1. The second kappa shape index (κ2) is 7.93. The Bertz CT molecular complexity index is 1430. The van der Waals surface area contributed by atoms with Crippen LogP contribution in [0.15, 0.2) is 101 Å². The van der Waals surface area contributed by atoms with Crippen LogP contribution in [0.4, 0.5) is 5.69 Å². The van der Waals surface area contributed by atoms with Crippen LogP contribution >= 0.6 is 0 Å². The predicted molar refractivity (Wildman–Crippen MR) is 125 cm³/mol. The molecule has 5 nitrogen and oxygen atoms in total. The fraction of sp³-hybridized carbons (Fsp3) is 0.0370. The van der Waals surface area contributed by atoms with Gasteiger partial charge < -0.3 is 15.6 Å². The standard InChI is InChI=1S/C27H19N3O2/c28-15-22-26(18-8-2-1-3-9-18)21-13-19(24(31)14-25(21)32-27(22)29)16-30-23-12-6-10-17-7-4-5-11-20(17)23/h1-14,16,26,31H,29H2/t26-/m1/s1. The van der Waals surface area contributed by atoms with Crippen molar-refractivity contribution in [2.75, 3.05) is 0 Å². The first-order valence-electron chi connectivity index (χ1n) is 10.2. The average Bonchev–Trinajstić information content (AvgIpc) is 2.82. The number of ether oxygens (including phenoxy) is 1. The molecule has 0 saturated carbocycles. The van der Waals surface area contributed by atoms with Crippen LogP contribution < -0.4 is 10.5 Å². The normalized spacial score (nSPS) is 15.4. The molecule has 0 saturated heterocycles. The lowest BCUT2D eigenvalue weighted by molar-refractivity contribution is 0.388. The number of nitriles is 1. The Morgan fingerprint density at radius 3 is 2.53 bits per heavy atom. The number of allylic oxidation sites excluding steroid dienone is 1. The van der Waals surface area contributed by atoms with Gasteiger partial charge in [0, 0.05) is 28.8 Å². The summed E-state index contributed by atoms with van der Waals surface area (Å²) >= 11 is 0.